The van der Waals surface area contributed by atoms with Gasteiger partial charge in [0.2, 0.25) is 0 Å². The van der Waals surface area contributed by atoms with Crippen LogP contribution in [0.15, 0.2) is 40.9 Å². The number of amides is 1. The number of nitrogen functional groups attached to an aromatic ring is 1. The lowest BCUT2D eigenvalue weighted by atomic mass is 10.1. The lowest BCUT2D eigenvalue weighted by Gasteiger charge is -2.09. The second-order valence-electron chi connectivity index (χ2n) is 4.17. The molecule has 0 heterocycles. The second-order valence-corrected chi connectivity index (χ2v) is 5.08. The van der Waals surface area contributed by atoms with E-state index in [0.717, 1.165) is 10.0 Å². The summed E-state index contributed by atoms with van der Waals surface area (Å²) < 4.78 is 14.5. The Morgan fingerprint density at radius 1 is 1.26 bits per heavy atom. The SMILES string of the molecule is Cc1ccc(C(=O)Nc2ccc(Br)cc2N)c(F)c1. The molecular formula is C14H12BrFN2O. The van der Waals surface area contributed by atoms with Crippen LogP contribution in [0.3, 0.4) is 0 Å². The van der Waals surface area contributed by atoms with E-state index in [4.69, 9.17) is 5.73 Å². The first-order chi connectivity index (χ1) is 8.97. The van der Waals surface area contributed by atoms with Gasteiger partial charge in [0.1, 0.15) is 5.82 Å². The quantitative estimate of drug-likeness (QED) is 0.828. The summed E-state index contributed by atoms with van der Waals surface area (Å²) >= 11 is 3.27. The van der Waals surface area contributed by atoms with Crippen LogP contribution < -0.4 is 11.1 Å². The number of aryl methyl sites for hydroxylation is 1. The van der Waals surface area contributed by atoms with Crippen molar-refractivity contribution < 1.29 is 9.18 Å². The highest BCUT2D eigenvalue weighted by Gasteiger charge is 2.13. The number of nitrogens with one attached hydrogen (secondary N) is 1. The van der Waals surface area contributed by atoms with E-state index in [1.54, 1.807) is 31.2 Å². The largest absolute Gasteiger partial charge is 0.397 e. The van der Waals surface area contributed by atoms with Crippen molar-refractivity contribution in [2.45, 2.75) is 6.92 Å². The third kappa shape index (κ3) is 3.12. The Labute approximate surface area is 118 Å². The molecular weight excluding hydrogens is 311 g/mol. The fourth-order valence-corrected chi connectivity index (χ4v) is 2.02. The van der Waals surface area contributed by atoms with Crippen molar-refractivity contribution in [1.29, 1.82) is 0 Å². The van der Waals surface area contributed by atoms with Gasteiger partial charge in [0.25, 0.3) is 5.91 Å². The van der Waals surface area contributed by atoms with Gasteiger partial charge >= 0.3 is 0 Å². The van der Waals surface area contributed by atoms with E-state index >= 15 is 0 Å². The predicted octanol–water partition coefficient (Wildman–Crippen LogP) is 3.73. The van der Waals surface area contributed by atoms with Crippen LogP contribution in [0.4, 0.5) is 15.8 Å². The number of hydrogen-bond acceptors (Lipinski definition) is 2. The summed E-state index contributed by atoms with van der Waals surface area (Å²) in [7, 11) is 0. The molecule has 0 unspecified atom stereocenters. The Morgan fingerprint density at radius 3 is 2.63 bits per heavy atom. The highest BCUT2D eigenvalue weighted by molar-refractivity contribution is 9.10. The fourth-order valence-electron chi connectivity index (χ4n) is 1.64. The van der Waals surface area contributed by atoms with Crippen LogP contribution in [-0.2, 0) is 0 Å². The molecule has 0 saturated heterocycles. The van der Waals surface area contributed by atoms with E-state index < -0.39 is 11.7 Å². The smallest absolute Gasteiger partial charge is 0.258 e. The van der Waals surface area contributed by atoms with Crippen molar-refractivity contribution in [2.24, 2.45) is 0 Å². The Kier molecular flexibility index (Phi) is 3.85. The van der Waals surface area contributed by atoms with Crippen LogP contribution in [0.1, 0.15) is 15.9 Å². The van der Waals surface area contributed by atoms with Crippen molar-refractivity contribution in [2.75, 3.05) is 11.1 Å². The zero-order valence-electron chi connectivity index (χ0n) is 10.2. The number of halogens is 2. The van der Waals surface area contributed by atoms with E-state index in [2.05, 4.69) is 21.2 Å². The topological polar surface area (TPSA) is 55.1 Å². The van der Waals surface area contributed by atoms with E-state index in [1.165, 1.54) is 12.1 Å². The van der Waals surface area contributed by atoms with Crippen molar-refractivity contribution in [3.8, 4) is 0 Å². The van der Waals surface area contributed by atoms with Crippen LogP contribution in [0.25, 0.3) is 0 Å². The van der Waals surface area contributed by atoms with Crippen LogP contribution in [0.5, 0.6) is 0 Å². The molecule has 19 heavy (non-hydrogen) atoms. The van der Waals surface area contributed by atoms with Crippen LogP contribution in [0.2, 0.25) is 0 Å². The average Bonchev–Trinajstić information content (AvgIpc) is 2.32. The molecule has 98 valence electrons. The molecule has 2 aromatic rings. The van der Waals surface area contributed by atoms with Gasteiger partial charge in [-0.05, 0) is 42.8 Å². The number of anilines is 2. The van der Waals surface area contributed by atoms with Gasteiger partial charge in [-0.25, -0.2) is 4.39 Å². The summed E-state index contributed by atoms with van der Waals surface area (Å²) in [5.74, 6) is -1.07. The molecule has 0 spiro atoms. The van der Waals surface area contributed by atoms with Gasteiger partial charge in [0.05, 0.1) is 16.9 Å². The lowest BCUT2D eigenvalue weighted by Crippen LogP contribution is -2.14. The Morgan fingerprint density at radius 2 is 2.00 bits per heavy atom. The molecule has 0 bridgehead atoms. The number of carbonyl (C=O) groups excluding carboxylic acids is 1. The molecule has 0 aromatic heterocycles. The summed E-state index contributed by atoms with van der Waals surface area (Å²) in [5.41, 5.74) is 7.39. The number of benzene rings is 2. The van der Waals surface area contributed by atoms with Crippen molar-refractivity contribution in [1.82, 2.24) is 0 Å². The second kappa shape index (κ2) is 5.40. The first kappa shape index (κ1) is 13.5. The molecule has 2 rings (SSSR count). The van der Waals surface area contributed by atoms with Crippen LogP contribution in [0, 0.1) is 12.7 Å². The summed E-state index contributed by atoms with van der Waals surface area (Å²) in [4.78, 5) is 12.0. The highest BCUT2D eigenvalue weighted by atomic mass is 79.9. The minimum absolute atomic E-state index is 0.00656. The van der Waals surface area contributed by atoms with Gasteiger partial charge in [-0.1, -0.05) is 22.0 Å². The maximum atomic E-state index is 13.7. The standard InChI is InChI=1S/C14H12BrFN2O/c1-8-2-4-10(11(16)6-8)14(19)18-13-5-3-9(15)7-12(13)17/h2-7H,17H2,1H3,(H,18,19). The van der Waals surface area contributed by atoms with E-state index in [0.29, 0.717) is 11.4 Å². The molecule has 0 radical (unpaired) electrons. The third-order valence-corrected chi connectivity index (χ3v) is 3.12. The number of carbonyl (C=O) groups is 1. The van der Waals surface area contributed by atoms with Crippen LogP contribution in [-0.4, -0.2) is 5.91 Å². The summed E-state index contributed by atoms with van der Waals surface area (Å²) in [6.45, 7) is 1.76. The highest BCUT2D eigenvalue weighted by Crippen LogP contribution is 2.24. The van der Waals surface area contributed by atoms with Gasteiger partial charge in [-0.3, -0.25) is 4.79 Å². The molecule has 3 nitrogen and oxygen atoms in total. The zero-order valence-corrected chi connectivity index (χ0v) is 11.8. The maximum absolute atomic E-state index is 13.7. The Bertz CT molecular complexity index is 643. The van der Waals surface area contributed by atoms with Gasteiger partial charge in [0, 0.05) is 4.47 Å². The van der Waals surface area contributed by atoms with Gasteiger partial charge < -0.3 is 11.1 Å². The van der Waals surface area contributed by atoms with Crippen molar-refractivity contribution in [3.63, 3.8) is 0 Å². The fraction of sp³-hybridized carbons (Fsp3) is 0.0714. The van der Waals surface area contributed by atoms with E-state index in [1.807, 2.05) is 0 Å². The summed E-state index contributed by atoms with van der Waals surface area (Å²) in [6, 6.07) is 9.53. The number of hydrogen-bond donors (Lipinski definition) is 2. The number of nitrogens with two attached hydrogens (primary N) is 1. The molecule has 3 N–H and O–H groups in total. The molecule has 0 aliphatic rings. The molecule has 0 fully saturated rings. The minimum atomic E-state index is -0.548. The molecule has 0 saturated carbocycles. The zero-order chi connectivity index (χ0) is 14.0. The molecule has 0 atom stereocenters. The summed E-state index contributed by atoms with van der Waals surface area (Å²) in [5, 5.41) is 2.59. The molecule has 1 amide bonds. The van der Waals surface area contributed by atoms with Gasteiger partial charge in [0.15, 0.2) is 0 Å². The molecule has 0 aliphatic carbocycles. The Hall–Kier alpha value is -1.88. The minimum Gasteiger partial charge on any atom is -0.397 e. The number of rotatable bonds is 2. The first-order valence-electron chi connectivity index (χ1n) is 5.60. The van der Waals surface area contributed by atoms with Crippen molar-refractivity contribution in [3.05, 3.63) is 57.8 Å². The average molecular weight is 323 g/mol. The first-order valence-corrected chi connectivity index (χ1v) is 6.39. The van der Waals surface area contributed by atoms with E-state index in [-0.39, 0.29) is 5.56 Å². The van der Waals surface area contributed by atoms with Crippen LogP contribution >= 0.6 is 15.9 Å². The predicted molar refractivity (Wildman–Crippen MR) is 77.6 cm³/mol. The summed E-state index contributed by atoms with van der Waals surface area (Å²) in [6.07, 6.45) is 0. The molecule has 2 aromatic carbocycles. The van der Waals surface area contributed by atoms with Crippen molar-refractivity contribution >= 4 is 33.2 Å². The Balaban J connectivity index is 2.25. The van der Waals surface area contributed by atoms with Gasteiger partial charge in [-0.2, -0.15) is 0 Å². The third-order valence-electron chi connectivity index (χ3n) is 2.63. The maximum Gasteiger partial charge on any atom is 0.258 e. The molecule has 5 heteroatoms. The lowest BCUT2D eigenvalue weighted by molar-refractivity contribution is 0.102. The molecule has 0 aliphatic heterocycles. The monoisotopic (exact) mass is 322 g/mol. The van der Waals surface area contributed by atoms with Gasteiger partial charge in [-0.15, -0.1) is 0 Å². The van der Waals surface area contributed by atoms with E-state index in [9.17, 15) is 9.18 Å². The normalized spacial score (nSPS) is 10.3.